The molecule has 0 saturated heterocycles. The maximum atomic E-state index is 13.6. The van der Waals surface area contributed by atoms with Gasteiger partial charge in [-0.15, -0.1) is 22.7 Å². The first-order valence-electron chi connectivity index (χ1n) is 44.8. The van der Waals surface area contributed by atoms with E-state index in [0.29, 0.717) is 16.9 Å². The van der Waals surface area contributed by atoms with Crippen LogP contribution in [-0.2, 0) is 81.7 Å². The van der Waals surface area contributed by atoms with Gasteiger partial charge >= 0.3 is 294 Å². The number of rotatable bonds is 27. The van der Waals surface area contributed by atoms with E-state index in [1.807, 2.05) is 117 Å². The van der Waals surface area contributed by atoms with Gasteiger partial charge in [-0.25, -0.2) is 34.5 Å². The van der Waals surface area contributed by atoms with Crippen LogP contribution in [0.15, 0.2) is 200 Å². The molecule has 43 heteroatoms. The van der Waals surface area contributed by atoms with Gasteiger partial charge in [-0.1, -0.05) is 30.3 Å². The molecule has 0 fully saturated rings. The zero-order valence-electron chi connectivity index (χ0n) is 80.3. The molecule has 10 heterocycles. The van der Waals surface area contributed by atoms with Gasteiger partial charge in [-0.3, -0.25) is 9.36 Å². The summed E-state index contributed by atoms with van der Waals surface area (Å²) in [6.45, 7) is 22.8. The molecule has 0 aliphatic rings. The van der Waals surface area contributed by atoms with Crippen molar-refractivity contribution in [2.45, 2.75) is 176 Å². The standard InChI is InChI=1S/C30H29F3N4O6S2.C17H19BrF3NO6S2.C13H10BrN3.C13H10N3.C8H7BN2O.C5H3Br2N.3C4H9.Sn/c1-7-41-28(38)25(42-29(3,4)5)23-16(2)13-21-26(24(23)43-45(39,40)30(31,32)33)44-27(36-21)20-10-8-9-19(35-20)17-11-12-22-18(14-17)15-34-37(22)6;1-6-26-14(23)12(27-16(3,4)5)10-8(2)7-9-13(29-15(18)22-9)11(10)28-30(24,25)17(19,20)21;1-17-12-6-5-9(7-10(12)8-15-17)11-3-2-4-13(14)16-11;1-16-13-6-5-10(8-11(13)9-15-16)12-4-2-3-7-14-12;1-11-8-3-2-7(9-12)4-6(8)5-10-11;6-4-2-1-3-5(7)8-4;3*1-3-4-2;/h8-15,25H,7H2,1-6H3;7,12H,6H2,1-5H3;2-8H,1H3;2-6,8-9H,1H3;2-5H,1H3;1-3H;3*1,3-4H2,2H3;/t25-;12-;;;;;;;;/m00......../s1. The maximum absolute atomic E-state index is 13.6. The van der Waals surface area contributed by atoms with Crippen molar-refractivity contribution in [2.75, 3.05) is 13.2 Å². The Labute approximate surface area is 859 Å². The van der Waals surface area contributed by atoms with Crippen molar-refractivity contribution in [1.82, 2.24) is 69.0 Å². The topological polar surface area (TPSA) is 323 Å². The van der Waals surface area contributed by atoms with Crippen LogP contribution >= 0.6 is 86.4 Å². The molecule has 2 atom stereocenters. The third-order valence-electron chi connectivity index (χ3n) is 21.9. The normalized spacial score (nSPS) is 12.4. The number of hydrogen-bond donors (Lipinski definition) is 0. The molecule has 0 bridgehead atoms. The zero-order valence-corrected chi connectivity index (χ0v) is 92.8. The van der Waals surface area contributed by atoms with Crippen LogP contribution in [-0.4, -0.2) is 159 Å². The van der Waals surface area contributed by atoms with E-state index in [-0.39, 0.29) is 64.8 Å². The van der Waals surface area contributed by atoms with Crippen LogP contribution in [0.25, 0.3) is 109 Å². The zero-order chi connectivity index (χ0) is 103. The van der Waals surface area contributed by atoms with E-state index >= 15 is 0 Å². The van der Waals surface area contributed by atoms with E-state index in [2.05, 4.69) is 184 Å². The number of aromatic nitrogens is 14. The predicted octanol–water partition coefficient (Wildman–Crippen LogP) is 24.8. The Morgan fingerprint density at radius 2 is 0.794 bits per heavy atom. The third-order valence-corrected chi connectivity index (χ3v) is 42.8. The summed E-state index contributed by atoms with van der Waals surface area (Å²) in [6, 6.07) is 50.8. The molecule has 6 aromatic carbocycles. The Kier molecular flexibility index (Phi) is 38.1. The molecule has 0 radical (unpaired) electrons. The fraction of sp³-hybridized carbons (Fsp3) is 0.347. The number of thiazole rings is 2. The molecule has 0 aliphatic carbocycles. The van der Waals surface area contributed by atoms with Crippen LogP contribution in [0.2, 0.25) is 13.3 Å². The van der Waals surface area contributed by atoms with Gasteiger partial charge in [0.15, 0.2) is 27.6 Å². The van der Waals surface area contributed by atoms with Crippen molar-refractivity contribution >= 4 is 217 Å². The van der Waals surface area contributed by atoms with Gasteiger partial charge in [0, 0.05) is 47.1 Å². The first kappa shape index (κ1) is 111. The molecule has 141 heavy (non-hydrogen) atoms. The van der Waals surface area contributed by atoms with Crippen molar-refractivity contribution < 1.29 is 84.8 Å². The number of ether oxygens (including phenoxy) is 4. The first-order valence-corrected chi connectivity index (χ1v) is 59.9. The predicted molar refractivity (Wildman–Crippen MR) is 558 cm³/mol. The molecule has 746 valence electrons. The molecule has 27 nitrogen and oxygen atoms in total. The second kappa shape index (κ2) is 48.2. The first-order chi connectivity index (χ1) is 66.5. The van der Waals surface area contributed by atoms with Gasteiger partial charge in [-0.2, -0.15) is 53.4 Å². The van der Waals surface area contributed by atoms with Crippen LogP contribution in [0.3, 0.4) is 0 Å². The number of hydrogen-bond acceptors (Lipinski definition) is 25. The van der Waals surface area contributed by atoms with Crippen molar-refractivity contribution in [1.29, 1.82) is 0 Å². The number of aryl methyl sites for hydroxylation is 6. The number of unbranched alkanes of at least 4 members (excludes halogenated alkanes) is 3. The Morgan fingerprint density at radius 3 is 1.17 bits per heavy atom. The minimum atomic E-state index is -6.16. The van der Waals surface area contributed by atoms with Crippen LogP contribution in [0.4, 0.5) is 26.3 Å². The number of pyridine rings is 4. The molecule has 0 saturated carbocycles. The SMILES string of the molecule is Brc1cccc(Br)n1.CCC[CH2][Sn]([CH2]CCC)([CH2]CCC)[c]1cccc(-c2ccc3c(cnn3C)c2)n1.CCOC(=O)[C@@H](OC(C)(C)C)c1c(C)cc2nc(-c3cccc(-c4ccc5c(cnn5C)c4)n3)sc2c1OS(=O)(=O)C(F)(F)F.CCOC(=O)[C@@H](OC(C)(C)C)c1c(C)cc2nc(Br)sc2c1OS(=O)(=O)C(F)(F)F.Cn1ncc2cc(-c3cccc(Br)n3)ccc21.Cn1ncc2cc(B=O)ccc21. The summed E-state index contributed by atoms with van der Waals surface area (Å²) in [5, 5.41) is 21.5. The number of esters is 2. The third kappa shape index (κ3) is 28.6. The van der Waals surface area contributed by atoms with E-state index in [9.17, 15) is 57.5 Å². The molecule has 0 N–H and O–H groups in total. The summed E-state index contributed by atoms with van der Waals surface area (Å²) in [5.41, 5.74) is -1.76. The summed E-state index contributed by atoms with van der Waals surface area (Å²) in [6.07, 6.45) is 12.2. The van der Waals surface area contributed by atoms with Crippen molar-refractivity contribution in [3.8, 4) is 56.0 Å². The number of fused-ring (bicyclic) bond motifs is 6. The number of alkyl halides is 6. The van der Waals surface area contributed by atoms with E-state index in [4.69, 9.17) is 33.1 Å². The Morgan fingerprint density at radius 1 is 0.440 bits per heavy atom. The van der Waals surface area contributed by atoms with E-state index in [1.54, 1.807) is 101 Å². The fourth-order valence-corrected chi connectivity index (χ4v) is 35.5. The number of carbonyl (C=O) groups excluding carboxylic acids is 2. The molecule has 0 unspecified atom stereocenters. The number of nitrogens with zero attached hydrogens (tertiary/aromatic N) is 14. The van der Waals surface area contributed by atoms with E-state index < -0.39 is 96.5 Å². The van der Waals surface area contributed by atoms with Crippen LogP contribution in [0, 0.1) is 13.8 Å². The molecule has 10 aromatic heterocycles. The Bertz CT molecular complexity index is 7360. The average molecular weight is 2380 g/mol. The average Bonchev–Trinajstić information content (AvgIpc) is 1.64. The molecule has 0 aliphatic heterocycles. The van der Waals surface area contributed by atoms with Gasteiger partial charge in [0.25, 0.3) is 0 Å². The van der Waals surface area contributed by atoms with E-state index in [1.165, 1.54) is 98.0 Å². The molecular weight excluding hydrogens is 2270 g/mol. The fourth-order valence-electron chi connectivity index (χ4n) is 15.2. The van der Waals surface area contributed by atoms with Gasteiger partial charge in [0.2, 0.25) is 0 Å². The van der Waals surface area contributed by atoms with Gasteiger partial charge in [0.1, 0.15) is 18.8 Å². The van der Waals surface area contributed by atoms with Gasteiger partial charge < -0.3 is 27.3 Å². The summed E-state index contributed by atoms with van der Waals surface area (Å²) in [5.74, 6) is -3.21. The van der Waals surface area contributed by atoms with Crippen molar-refractivity contribution in [3.63, 3.8) is 0 Å². The van der Waals surface area contributed by atoms with Crippen molar-refractivity contribution in [2.24, 2.45) is 28.2 Å². The second-order valence-corrected chi connectivity index (χ2v) is 56.5. The minimum absolute atomic E-state index is 0.00195. The summed E-state index contributed by atoms with van der Waals surface area (Å²) in [7, 11) is -3.70. The van der Waals surface area contributed by atoms with Gasteiger partial charge in [-0.05, 0) is 217 Å². The van der Waals surface area contributed by atoms with E-state index in [0.717, 1.165) is 98.9 Å². The second-order valence-electron chi connectivity index (χ2n) is 34.6. The summed E-state index contributed by atoms with van der Waals surface area (Å²) in [4.78, 5) is 53.0. The summed E-state index contributed by atoms with van der Waals surface area (Å²) < 4.78 is 186. The Hall–Kier alpha value is -9.90. The molecule has 16 rings (SSSR count). The Balaban J connectivity index is 0.000000174. The number of benzene rings is 6. The van der Waals surface area contributed by atoms with Crippen LogP contribution in [0.5, 0.6) is 11.5 Å². The molecule has 16 aromatic rings. The van der Waals surface area contributed by atoms with Crippen LogP contribution < -0.4 is 17.5 Å². The molecule has 0 spiro atoms. The molecule has 0 amide bonds. The summed E-state index contributed by atoms with van der Waals surface area (Å²) >= 11 is 12.2. The molecular formula is C98H105BBr4F6N14O13S4Sn. The van der Waals surface area contributed by atoms with Crippen LogP contribution in [0.1, 0.15) is 149 Å². The quantitative estimate of drug-likeness (QED) is 0.0115. The van der Waals surface area contributed by atoms with Crippen molar-refractivity contribution in [3.05, 3.63) is 222 Å². The monoisotopic (exact) mass is 2370 g/mol. The number of carbonyl (C=O) groups is 2. The number of halogens is 10. The van der Waals surface area contributed by atoms with Gasteiger partial charge in [0.05, 0.1) is 85.4 Å².